The number of rotatable bonds is 5. The molecule has 41 heavy (non-hydrogen) atoms. The molecule has 3 aliphatic rings. The second-order valence-corrected chi connectivity index (χ2v) is 10.8. The number of nitrogens with two attached hydrogens (primary N) is 1. The van der Waals surface area contributed by atoms with Gasteiger partial charge in [0.1, 0.15) is 0 Å². The minimum atomic E-state index is -0.792. The highest BCUT2D eigenvalue weighted by molar-refractivity contribution is 6.24. The average molecular weight is 546 g/mol. The Bertz CT molecular complexity index is 1690. The number of nitrogen functional groups attached to an aromatic ring is 1. The summed E-state index contributed by atoms with van der Waals surface area (Å²) in [7, 11) is 0. The van der Waals surface area contributed by atoms with E-state index in [1.54, 1.807) is 53.1 Å². The van der Waals surface area contributed by atoms with Gasteiger partial charge in [0.15, 0.2) is 0 Å². The van der Waals surface area contributed by atoms with Gasteiger partial charge in [-0.1, -0.05) is 66.7 Å². The molecule has 4 aromatic rings. The van der Waals surface area contributed by atoms with Gasteiger partial charge in [-0.25, -0.2) is 9.88 Å². The molecule has 1 aromatic heterocycles. The number of fused-ring (bicyclic) bond motifs is 3. The summed E-state index contributed by atoms with van der Waals surface area (Å²) >= 11 is 0. The van der Waals surface area contributed by atoms with Crippen molar-refractivity contribution in [3.63, 3.8) is 0 Å². The van der Waals surface area contributed by atoms with Crippen LogP contribution >= 0.6 is 0 Å². The van der Waals surface area contributed by atoms with E-state index in [0.29, 0.717) is 29.3 Å². The Morgan fingerprint density at radius 1 is 0.683 bits per heavy atom. The topological polar surface area (TPSA) is 119 Å². The van der Waals surface area contributed by atoms with Crippen molar-refractivity contribution in [1.82, 2.24) is 9.55 Å². The molecule has 0 radical (unpaired) electrons. The van der Waals surface area contributed by atoms with Gasteiger partial charge in [0.05, 0.1) is 47.1 Å². The quantitative estimate of drug-likeness (QED) is 0.381. The Morgan fingerprint density at radius 2 is 1.24 bits per heavy atom. The number of nitrogens with zero attached hydrogens (tertiary/aromatic N) is 4. The van der Waals surface area contributed by atoms with E-state index in [4.69, 9.17) is 10.7 Å². The van der Waals surface area contributed by atoms with Gasteiger partial charge in [0, 0.05) is 12.3 Å². The number of anilines is 3. The molecule has 3 heterocycles. The fourth-order valence-electron chi connectivity index (χ4n) is 6.70. The number of imide groups is 2. The summed E-state index contributed by atoms with van der Waals surface area (Å²) in [5, 5.41) is 0. The summed E-state index contributed by atoms with van der Waals surface area (Å²) in [6, 6.07) is 27.4. The number of benzene rings is 3. The predicted molar refractivity (Wildman–Crippen MR) is 152 cm³/mol. The highest BCUT2D eigenvalue weighted by atomic mass is 16.2. The van der Waals surface area contributed by atoms with Crippen molar-refractivity contribution in [2.45, 2.75) is 31.2 Å². The first-order chi connectivity index (χ1) is 19.9. The lowest BCUT2D eigenvalue weighted by Gasteiger charge is -2.32. The molecule has 0 saturated carbocycles. The number of hydrogen-bond donors (Lipinski definition) is 1. The molecule has 2 aliphatic heterocycles. The van der Waals surface area contributed by atoms with Gasteiger partial charge in [-0.2, -0.15) is 0 Å². The number of amides is 4. The molecular weight excluding hydrogens is 518 g/mol. The molecular formula is C32H27N5O4. The molecule has 7 rings (SSSR count). The fraction of sp³-hybridized carbons (Fsp3) is 0.219. The van der Waals surface area contributed by atoms with Crippen molar-refractivity contribution in [3.8, 4) is 0 Å². The summed E-state index contributed by atoms with van der Waals surface area (Å²) in [4.78, 5) is 62.1. The highest BCUT2D eigenvalue weighted by Gasteiger charge is 2.58. The minimum Gasteiger partial charge on any atom is -0.369 e. The number of hydrogen-bond acceptors (Lipinski definition) is 6. The maximum atomic E-state index is 14.0. The minimum absolute atomic E-state index is 0.00872. The third-order valence-corrected chi connectivity index (χ3v) is 8.52. The monoisotopic (exact) mass is 545 g/mol. The van der Waals surface area contributed by atoms with Crippen molar-refractivity contribution >= 4 is 41.0 Å². The average Bonchev–Trinajstić information content (AvgIpc) is 3.57. The van der Waals surface area contributed by atoms with Crippen LogP contribution in [0, 0.1) is 11.8 Å². The number of carbonyl (C=O) groups is 4. The SMILES string of the molecule is Nc1nc2c(n1Cc1ccccc1)[C@@H]1C(=O)N(c3ccccc3)C(=O)[C@@H]1C[C@H]2[C@@H]1CC(=O)N(c2ccccc2)C1=O. The Kier molecular flexibility index (Phi) is 5.81. The van der Waals surface area contributed by atoms with Crippen molar-refractivity contribution in [2.24, 2.45) is 11.8 Å². The van der Waals surface area contributed by atoms with Gasteiger partial charge in [-0.3, -0.25) is 24.1 Å². The molecule has 2 fully saturated rings. The van der Waals surface area contributed by atoms with Gasteiger partial charge >= 0.3 is 0 Å². The van der Waals surface area contributed by atoms with Crippen LogP contribution in [-0.2, 0) is 25.7 Å². The Labute approximate surface area is 236 Å². The van der Waals surface area contributed by atoms with Crippen LogP contribution in [0.4, 0.5) is 17.3 Å². The summed E-state index contributed by atoms with van der Waals surface area (Å²) in [5.41, 5.74) is 9.55. The normalized spacial score (nSPS) is 23.7. The van der Waals surface area contributed by atoms with Crippen LogP contribution in [0.1, 0.15) is 41.6 Å². The highest BCUT2D eigenvalue weighted by Crippen LogP contribution is 2.53. The zero-order valence-electron chi connectivity index (χ0n) is 22.1. The molecule has 9 nitrogen and oxygen atoms in total. The first kappa shape index (κ1) is 25.0. The molecule has 0 spiro atoms. The first-order valence-corrected chi connectivity index (χ1v) is 13.7. The summed E-state index contributed by atoms with van der Waals surface area (Å²) in [6.07, 6.45) is 0.213. The smallest absolute Gasteiger partial charge is 0.243 e. The second kappa shape index (κ2) is 9.55. The van der Waals surface area contributed by atoms with E-state index in [0.717, 1.165) is 5.56 Å². The van der Waals surface area contributed by atoms with E-state index < -0.39 is 23.7 Å². The lowest BCUT2D eigenvalue weighted by molar-refractivity contribution is -0.125. The van der Waals surface area contributed by atoms with E-state index in [2.05, 4.69) is 0 Å². The Hall–Kier alpha value is -5.05. The molecule has 2 N–H and O–H groups in total. The molecule has 0 bridgehead atoms. The van der Waals surface area contributed by atoms with Crippen LogP contribution in [0.3, 0.4) is 0 Å². The van der Waals surface area contributed by atoms with Crippen LogP contribution in [-0.4, -0.2) is 33.2 Å². The summed E-state index contributed by atoms with van der Waals surface area (Å²) in [6.45, 7) is 0.353. The third-order valence-electron chi connectivity index (χ3n) is 8.52. The zero-order chi connectivity index (χ0) is 28.2. The van der Waals surface area contributed by atoms with Crippen LogP contribution in [0.25, 0.3) is 0 Å². The van der Waals surface area contributed by atoms with Crippen molar-refractivity contribution in [3.05, 3.63) is 108 Å². The number of imidazole rings is 1. The largest absolute Gasteiger partial charge is 0.369 e. The maximum absolute atomic E-state index is 14.0. The predicted octanol–water partition coefficient (Wildman–Crippen LogP) is 3.85. The summed E-state index contributed by atoms with van der Waals surface area (Å²) < 4.78 is 1.80. The van der Waals surface area contributed by atoms with Gasteiger partial charge in [-0.15, -0.1) is 0 Å². The van der Waals surface area contributed by atoms with E-state index in [9.17, 15) is 19.2 Å². The van der Waals surface area contributed by atoms with E-state index in [-0.39, 0.29) is 42.4 Å². The third kappa shape index (κ3) is 3.88. The van der Waals surface area contributed by atoms with Gasteiger partial charge in [0.2, 0.25) is 29.6 Å². The van der Waals surface area contributed by atoms with Crippen molar-refractivity contribution < 1.29 is 19.2 Å². The lowest BCUT2D eigenvalue weighted by Crippen LogP contribution is -2.35. The Balaban J connectivity index is 1.34. The van der Waals surface area contributed by atoms with E-state index >= 15 is 0 Å². The standard InChI is InChI=1S/C32H27N5O4/c33-32-34-27-22(23-17-25(38)36(29(23)39)20-12-6-2-7-13-20)16-24-26(28(27)35(32)18-19-10-4-1-5-11-19)31(41)37(30(24)40)21-14-8-3-9-15-21/h1-15,22-24,26H,16-18H2,(H2,33,34)/t22-,23-,24+,26+/m0/s1. The molecule has 204 valence electrons. The number of carbonyl (C=O) groups excluding carboxylic acids is 4. The first-order valence-electron chi connectivity index (χ1n) is 13.7. The molecule has 0 unspecified atom stereocenters. The lowest BCUT2D eigenvalue weighted by atomic mass is 9.70. The van der Waals surface area contributed by atoms with Crippen LogP contribution in [0.2, 0.25) is 0 Å². The van der Waals surface area contributed by atoms with Crippen molar-refractivity contribution in [1.29, 1.82) is 0 Å². The summed E-state index contributed by atoms with van der Waals surface area (Å²) in [5.74, 6) is -3.85. The molecule has 4 atom stereocenters. The van der Waals surface area contributed by atoms with Crippen LogP contribution < -0.4 is 15.5 Å². The zero-order valence-corrected chi connectivity index (χ0v) is 22.1. The van der Waals surface area contributed by atoms with E-state index in [1.807, 2.05) is 42.5 Å². The van der Waals surface area contributed by atoms with Crippen molar-refractivity contribution in [2.75, 3.05) is 15.5 Å². The molecule has 2 saturated heterocycles. The van der Waals surface area contributed by atoms with Gasteiger partial charge in [-0.05, 0) is 36.2 Å². The Morgan fingerprint density at radius 3 is 1.88 bits per heavy atom. The van der Waals surface area contributed by atoms with Crippen LogP contribution in [0.15, 0.2) is 91.0 Å². The second-order valence-electron chi connectivity index (χ2n) is 10.8. The molecule has 1 aliphatic carbocycles. The number of aromatic nitrogens is 2. The molecule has 4 amide bonds. The maximum Gasteiger partial charge on any atom is 0.243 e. The van der Waals surface area contributed by atoms with Gasteiger partial charge < -0.3 is 10.3 Å². The fourth-order valence-corrected chi connectivity index (χ4v) is 6.70. The molecule has 9 heteroatoms. The van der Waals surface area contributed by atoms with Gasteiger partial charge in [0.25, 0.3) is 0 Å². The number of para-hydroxylation sites is 2. The van der Waals surface area contributed by atoms with E-state index in [1.165, 1.54) is 9.80 Å². The molecule has 3 aromatic carbocycles. The van der Waals surface area contributed by atoms with Crippen LogP contribution in [0.5, 0.6) is 0 Å².